The van der Waals surface area contributed by atoms with Crippen LogP contribution in [0.2, 0.25) is 0 Å². The van der Waals surface area contributed by atoms with Crippen LogP contribution >= 0.6 is 12.6 Å². The summed E-state index contributed by atoms with van der Waals surface area (Å²) in [5.41, 5.74) is 8.32. The molecule has 3 aromatic rings. The molecule has 202 valence electrons. The Morgan fingerprint density at radius 2 is 1.89 bits per heavy atom. The Labute approximate surface area is 224 Å². The number of amides is 3. The molecule has 2 aromatic heterocycles. The molecule has 13 heteroatoms. The van der Waals surface area contributed by atoms with Crippen molar-refractivity contribution in [2.24, 2.45) is 5.73 Å². The molecule has 4 atom stereocenters. The van der Waals surface area contributed by atoms with E-state index in [9.17, 15) is 24.3 Å². The van der Waals surface area contributed by atoms with Crippen molar-refractivity contribution in [1.82, 2.24) is 30.5 Å². The number of hydrogen-bond donors (Lipinski definition) is 7. The number of benzene rings is 1. The summed E-state index contributed by atoms with van der Waals surface area (Å²) >= 11 is 4.22. The fraction of sp³-hybridized carbons (Fsp3) is 0.400. The Balaban J connectivity index is 1.51. The average molecular weight is 542 g/mol. The van der Waals surface area contributed by atoms with Crippen molar-refractivity contribution in [2.45, 2.75) is 49.9 Å². The van der Waals surface area contributed by atoms with Crippen LogP contribution in [0.3, 0.4) is 0 Å². The first kappa shape index (κ1) is 27.2. The van der Waals surface area contributed by atoms with Gasteiger partial charge in [-0.25, -0.2) is 9.78 Å². The van der Waals surface area contributed by atoms with Gasteiger partial charge in [0.1, 0.15) is 18.1 Å². The van der Waals surface area contributed by atoms with Gasteiger partial charge in [0.25, 0.3) is 0 Å². The first-order valence-corrected chi connectivity index (χ1v) is 12.9. The van der Waals surface area contributed by atoms with Gasteiger partial charge in [-0.1, -0.05) is 18.2 Å². The number of nitrogens with one attached hydrogen (secondary N) is 4. The van der Waals surface area contributed by atoms with Crippen molar-refractivity contribution in [1.29, 1.82) is 0 Å². The molecule has 3 amide bonds. The molecule has 0 radical (unpaired) electrons. The topological polar surface area (TPSA) is 186 Å². The number of likely N-dealkylation sites (tertiary alicyclic amines) is 1. The third kappa shape index (κ3) is 6.17. The number of imidazole rings is 1. The molecule has 0 saturated carbocycles. The van der Waals surface area contributed by atoms with Crippen molar-refractivity contribution in [2.75, 3.05) is 12.3 Å². The van der Waals surface area contributed by atoms with Crippen LogP contribution in [-0.4, -0.2) is 85.1 Å². The lowest BCUT2D eigenvalue weighted by Gasteiger charge is -2.28. The van der Waals surface area contributed by atoms with Gasteiger partial charge in [-0.05, 0) is 24.5 Å². The summed E-state index contributed by atoms with van der Waals surface area (Å²) < 4.78 is 0. The number of para-hydroxylation sites is 1. The number of carbonyl (C=O) groups is 4. The number of fused-ring (bicyclic) bond motifs is 1. The molecule has 4 unspecified atom stereocenters. The number of aromatic amines is 2. The molecule has 7 N–H and O–H groups in total. The summed E-state index contributed by atoms with van der Waals surface area (Å²) in [6, 6.07) is 3.54. The maximum Gasteiger partial charge on any atom is 0.326 e. The molecule has 0 spiro atoms. The highest BCUT2D eigenvalue weighted by molar-refractivity contribution is 7.80. The summed E-state index contributed by atoms with van der Waals surface area (Å²) in [5.74, 6) is -2.79. The Kier molecular flexibility index (Phi) is 8.69. The molecular weight excluding hydrogens is 510 g/mol. The van der Waals surface area contributed by atoms with Gasteiger partial charge in [-0.15, -0.1) is 0 Å². The van der Waals surface area contributed by atoms with Gasteiger partial charge in [0.15, 0.2) is 0 Å². The van der Waals surface area contributed by atoms with Crippen molar-refractivity contribution < 1.29 is 24.3 Å². The lowest BCUT2D eigenvalue weighted by molar-refractivity contribution is -0.149. The number of carboxylic acids is 1. The van der Waals surface area contributed by atoms with Crippen LogP contribution in [-0.2, 0) is 32.0 Å². The second-order valence-electron chi connectivity index (χ2n) is 9.28. The van der Waals surface area contributed by atoms with Crippen LogP contribution in [0.15, 0.2) is 43.0 Å². The normalized spacial score (nSPS) is 17.6. The van der Waals surface area contributed by atoms with E-state index in [1.807, 2.05) is 24.3 Å². The van der Waals surface area contributed by atoms with Crippen molar-refractivity contribution in [3.63, 3.8) is 0 Å². The second kappa shape index (κ2) is 12.1. The van der Waals surface area contributed by atoms with Gasteiger partial charge in [0.2, 0.25) is 17.7 Å². The second-order valence-corrected chi connectivity index (χ2v) is 9.65. The van der Waals surface area contributed by atoms with Crippen LogP contribution in [0.1, 0.15) is 24.1 Å². The third-order valence-corrected chi connectivity index (χ3v) is 7.05. The van der Waals surface area contributed by atoms with Crippen LogP contribution < -0.4 is 16.4 Å². The van der Waals surface area contributed by atoms with Crippen LogP contribution in [0, 0.1) is 0 Å². The van der Waals surface area contributed by atoms with E-state index in [2.05, 4.69) is 38.2 Å². The van der Waals surface area contributed by atoms with E-state index < -0.39 is 47.9 Å². The number of aliphatic carboxylic acids is 1. The monoisotopic (exact) mass is 541 g/mol. The van der Waals surface area contributed by atoms with E-state index in [1.54, 1.807) is 12.4 Å². The number of carbonyl (C=O) groups excluding carboxylic acids is 3. The molecule has 1 aliphatic rings. The molecule has 0 aliphatic carbocycles. The van der Waals surface area contributed by atoms with Crippen molar-refractivity contribution in [3.05, 3.63) is 54.2 Å². The average Bonchev–Trinajstić information content (AvgIpc) is 3.67. The standard InChI is InChI=1S/C25H31N7O5S/c26-17(9-15-11-27-13-29-15)22(33)31-20(12-38)23(34)30-19(24(35)32-7-3-6-21(32)25(36)37)8-14-10-28-18-5-2-1-4-16(14)18/h1-2,4-5,10-11,13,17,19-21,28,38H,3,6-9,12,26H2,(H,27,29)(H,30,34)(H,31,33)(H,36,37). The van der Waals surface area contributed by atoms with Gasteiger partial charge < -0.3 is 36.3 Å². The number of nitrogens with zero attached hydrogens (tertiary/aromatic N) is 2. The SMILES string of the molecule is NC(Cc1cnc[nH]1)C(=O)NC(CS)C(=O)NC(Cc1c[nH]c2ccccc12)C(=O)N1CCCC1C(=O)O. The van der Waals surface area contributed by atoms with E-state index >= 15 is 0 Å². The number of hydrogen-bond acceptors (Lipinski definition) is 7. The zero-order valence-corrected chi connectivity index (χ0v) is 21.5. The van der Waals surface area contributed by atoms with Crippen molar-refractivity contribution >= 4 is 47.2 Å². The molecule has 1 aromatic carbocycles. The maximum atomic E-state index is 13.6. The first-order valence-electron chi connectivity index (χ1n) is 12.3. The van der Waals surface area contributed by atoms with Crippen molar-refractivity contribution in [3.8, 4) is 0 Å². The number of carboxylic acid groups (broad SMARTS) is 1. The highest BCUT2D eigenvalue weighted by atomic mass is 32.1. The molecule has 4 rings (SSSR count). The quantitative estimate of drug-likeness (QED) is 0.166. The van der Waals surface area contributed by atoms with Gasteiger partial charge in [0.05, 0.1) is 12.4 Å². The number of aromatic nitrogens is 3. The lowest BCUT2D eigenvalue weighted by atomic mass is 10.0. The minimum absolute atomic E-state index is 0.0379. The number of thiol groups is 1. The van der Waals surface area contributed by atoms with E-state index in [1.165, 1.54) is 11.2 Å². The Morgan fingerprint density at radius 1 is 1.13 bits per heavy atom. The van der Waals surface area contributed by atoms with Gasteiger partial charge >= 0.3 is 5.97 Å². The van der Waals surface area contributed by atoms with Crippen LogP contribution in [0.5, 0.6) is 0 Å². The molecule has 3 heterocycles. The summed E-state index contributed by atoms with van der Waals surface area (Å²) in [5, 5.41) is 15.8. The lowest BCUT2D eigenvalue weighted by Crippen LogP contribution is -2.58. The number of rotatable bonds is 11. The van der Waals surface area contributed by atoms with E-state index in [4.69, 9.17) is 5.73 Å². The Bertz CT molecular complexity index is 1290. The first-order chi connectivity index (χ1) is 18.3. The third-order valence-electron chi connectivity index (χ3n) is 6.68. The summed E-state index contributed by atoms with van der Waals surface area (Å²) in [6.07, 6.45) is 6.02. The molecule has 0 bridgehead atoms. The highest BCUT2D eigenvalue weighted by Gasteiger charge is 2.38. The predicted molar refractivity (Wildman–Crippen MR) is 142 cm³/mol. The predicted octanol–water partition coefficient (Wildman–Crippen LogP) is -0.0215. The molecule has 1 saturated heterocycles. The maximum absolute atomic E-state index is 13.6. The fourth-order valence-corrected chi connectivity index (χ4v) is 4.94. The Hall–Kier alpha value is -3.84. The minimum Gasteiger partial charge on any atom is -0.480 e. The molecule has 12 nitrogen and oxygen atoms in total. The molecule has 38 heavy (non-hydrogen) atoms. The summed E-state index contributed by atoms with van der Waals surface area (Å²) in [6.45, 7) is 0.283. The minimum atomic E-state index is -1.08. The van der Waals surface area contributed by atoms with E-state index in [0.717, 1.165) is 16.5 Å². The highest BCUT2D eigenvalue weighted by Crippen LogP contribution is 2.23. The smallest absolute Gasteiger partial charge is 0.326 e. The van der Waals surface area contributed by atoms with Crippen LogP contribution in [0.4, 0.5) is 0 Å². The number of nitrogens with two attached hydrogens (primary N) is 1. The number of H-pyrrole nitrogens is 2. The van der Waals surface area contributed by atoms with Crippen LogP contribution in [0.25, 0.3) is 10.9 Å². The molecule has 1 fully saturated rings. The van der Waals surface area contributed by atoms with Gasteiger partial charge in [-0.3, -0.25) is 14.4 Å². The zero-order chi connectivity index (χ0) is 27.2. The summed E-state index contributed by atoms with van der Waals surface area (Å²) in [7, 11) is 0. The molecule has 1 aliphatic heterocycles. The largest absolute Gasteiger partial charge is 0.480 e. The zero-order valence-electron chi connectivity index (χ0n) is 20.6. The van der Waals surface area contributed by atoms with Gasteiger partial charge in [0, 0.05) is 54.1 Å². The van der Waals surface area contributed by atoms with E-state index in [0.29, 0.717) is 18.5 Å². The Morgan fingerprint density at radius 3 is 2.61 bits per heavy atom. The van der Waals surface area contributed by atoms with Gasteiger partial charge in [-0.2, -0.15) is 12.6 Å². The molecular formula is C25H31N7O5S. The van der Waals surface area contributed by atoms with E-state index in [-0.39, 0.29) is 25.1 Å². The summed E-state index contributed by atoms with van der Waals surface area (Å²) in [4.78, 5) is 62.5. The fourth-order valence-electron chi connectivity index (χ4n) is 4.68.